The Labute approximate surface area is 154 Å². The molecule has 0 aliphatic rings. The fraction of sp³-hybridized carbons (Fsp3) is 0.0500. The first-order valence-electron chi connectivity index (χ1n) is 8.09. The molecular weight excluding hydrogens is 346 g/mol. The van der Waals surface area contributed by atoms with Gasteiger partial charge in [-0.25, -0.2) is 0 Å². The molecular formula is C20H15N3O2S. The molecule has 4 aromatic rings. The van der Waals surface area contributed by atoms with Gasteiger partial charge in [0, 0.05) is 21.6 Å². The van der Waals surface area contributed by atoms with Crippen LogP contribution in [-0.2, 0) is 6.54 Å². The van der Waals surface area contributed by atoms with Gasteiger partial charge in [-0.3, -0.25) is 4.79 Å². The van der Waals surface area contributed by atoms with Crippen molar-refractivity contribution in [1.82, 2.24) is 15.5 Å². The second kappa shape index (κ2) is 7.33. The van der Waals surface area contributed by atoms with Gasteiger partial charge in [-0.2, -0.15) is 0 Å². The van der Waals surface area contributed by atoms with Crippen LogP contribution in [0.25, 0.3) is 22.9 Å². The highest BCUT2D eigenvalue weighted by atomic mass is 32.1. The SMILES string of the molecule is O=C(NCc1cccs1)c1ccc(-c2nnc(-c3ccccc3)o2)cc1. The molecule has 4 rings (SSSR count). The molecule has 2 aromatic heterocycles. The monoisotopic (exact) mass is 361 g/mol. The Bertz CT molecular complexity index is 993. The molecule has 0 aliphatic heterocycles. The lowest BCUT2D eigenvalue weighted by Crippen LogP contribution is -2.22. The van der Waals surface area contributed by atoms with Crippen LogP contribution in [0.15, 0.2) is 76.5 Å². The van der Waals surface area contributed by atoms with Crippen LogP contribution in [0.5, 0.6) is 0 Å². The molecule has 6 heteroatoms. The fourth-order valence-corrected chi connectivity index (χ4v) is 3.13. The van der Waals surface area contributed by atoms with Gasteiger partial charge in [0.25, 0.3) is 5.91 Å². The Hall–Kier alpha value is -3.25. The van der Waals surface area contributed by atoms with E-state index >= 15 is 0 Å². The molecule has 0 atom stereocenters. The standard InChI is InChI=1S/C20H15N3O2S/c24-18(21-13-17-7-4-12-26-17)14-8-10-16(11-9-14)20-23-22-19(25-20)15-5-2-1-3-6-15/h1-12H,13H2,(H,21,24). The predicted octanol–water partition coefficient (Wildman–Crippen LogP) is 4.40. The summed E-state index contributed by atoms with van der Waals surface area (Å²) in [5, 5.41) is 13.1. The third-order valence-electron chi connectivity index (χ3n) is 3.84. The zero-order valence-electron chi connectivity index (χ0n) is 13.8. The van der Waals surface area contributed by atoms with Crippen LogP contribution in [0.1, 0.15) is 15.2 Å². The van der Waals surface area contributed by atoms with Crippen molar-refractivity contribution in [1.29, 1.82) is 0 Å². The van der Waals surface area contributed by atoms with Crippen LogP contribution in [-0.4, -0.2) is 16.1 Å². The molecule has 26 heavy (non-hydrogen) atoms. The zero-order chi connectivity index (χ0) is 17.8. The van der Waals surface area contributed by atoms with Gasteiger partial charge in [-0.1, -0.05) is 24.3 Å². The van der Waals surface area contributed by atoms with Crippen molar-refractivity contribution in [2.75, 3.05) is 0 Å². The lowest BCUT2D eigenvalue weighted by molar-refractivity contribution is 0.0951. The Balaban J connectivity index is 1.46. The van der Waals surface area contributed by atoms with Crippen molar-refractivity contribution >= 4 is 17.2 Å². The lowest BCUT2D eigenvalue weighted by atomic mass is 10.1. The molecule has 128 valence electrons. The summed E-state index contributed by atoms with van der Waals surface area (Å²) in [4.78, 5) is 13.3. The Morgan fingerprint density at radius 2 is 1.58 bits per heavy atom. The van der Waals surface area contributed by atoms with Crippen LogP contribution < -0.4 is 5.32 Å². The van der Waals surface area contributed by atoms with E-state index in [2.05, 4.69) is 15.5 Å². The van der Waals surface area contributed by atoms with E-state index in [1.165, 1.54) is 0 Å². The minimum absolute atomic E-state index is 0.111. The second-order valence-corrected chi connectivity index (χ2v) is 6.65. The number of thiophene rings is 1. The summed E-state index contributed by atoms with van der Waals surface area (Å²) >= 11 is 1.62. The van der Waals surface area contributed by atoms with E-state index in [9.17, 15) is 4.79 Å². The summed E-state index contributed by atoms with van der Waals surface area (Å²) in [5.74, 6) is 0.785. The highest BCUT2D eigenvalue weighted by molar-refractivity contribution is 7.09. The summed E-state index contributed by atoms with van der Waals surface area (Å²) in [6.07, 6.45) is 0. The average Bonchev–Trinajstić information content (AvgIpc) is 3.39. The maximum atomic E-state index is 12.2. The van der Waals surface area contributed by atoms with Crippen molar-refractivity contribution in [3.05, 3.63) is 82.6 Å². The Kier molecular flexibility index (Phi) is 4.57. The molecule has 2 aromatic carbocycles. The molecule has 0 radical (unpaired) electrons. The fourth-order valence-electron chi connectivity index (χ4n) is 2.48. The van der Waals surface area contributed by atoms with Gasteiger partial charge in [0.15, 0.2) is 0 Å². The normalized spacial score (nSPS) is 10.6. The number of amides is 1. The van der Waals surface area contributed by atoms with E-state index < -0.39 is 0 Å². The van der Waals surface area contributed by atoms with Crippen LogP contribution in [0.3, 0.4) is 0 Å². The van der Waals surface area contributed by atoms with E-state index in [1.54, 1.807) is 23.5 Å². The van der Waals surface area contributed by atoms with E-state index in [0.717, 1.165) is 16.0 Å². The van der Waals surface area contributed by atoms with E-state index in [1.807, 2.05) is 60.0 Å². The van der Waals surface area contributed by atoms with E-state index in [4.69, 9.17) is 4.42 Å². The maximum Gasteiger partial charge on any atom is 0.251 e. The molecule has 1 amide bonds. The van der Waals surface area contributed by atoms with Crippen molar-refractivity contribution in [2.24, 2.45) is 0 Å². The molecule has 0 saturated heterocycles. The number of rotatable bonds is 5. The van der Waals surface area contributed by atoms with Crippen LogP contribution in [0.4, 0.5) is 0 Å². The molecule has 0 bridgehead atoms. The number of carbonyl (C=O) groups is 1. The number of hydrogen-bond donors (Lipinski definition) is 1. The number of benzene rings is 2. The molecule has 0 unspecified atom stereocenters. The number of hydrogen-bond acceptors (Lipinski definition) is 5. The minimum Gasteiger partial charge on any atom is -0.416 e. The first-order valence-corrected chi connectivity index (χ1v) is 8.97. The van der Waals surface area contributed by atoms with Gasteiger partial charge in [-0.15, -0.1) is 21.5 Å². The van der Waals surface area contributed by atoms with Gasteiger partial charge in [0.05, 0.1) is 6.54 Å². The third-order valence-corrected chi connectivity index (χ3v) is 4.72. The first kappa shape index (κ1) is 16.2. The molecule has 2 heterocycles. The molecule has 0 fully saturated rings. The van der Waals surface area contributed by atoms with Gasteiger partial charge in [0.2, 0.25) is 11.8 Å². The molecule has 0 aliphatic carbocycles. The van der Waals surface area contributed by atoms with Gasteiger partial charge >= 0.3 is 0 Å². The van der Waals surface area contributed by atoms with Crippen molar-refractivity contribution in [3.63, 3.8) is 0 Å². The van der Waals surface area contributed by atoms with Crippen molar-refractivity contribution < 1.29 is 9.21 Å². The molecule has 1 N–H and O–H groups in total. The average molecular weight is 361 g/mol. The Morgan fingerprint density at radius 1 is 0.885 bits per heavy atom. The zero-order valence-corrected chi connectivity index (χ0v) is 14.6. The van der Waals surface area contributed by atoms with Crippen LogP contribution in [0.2, 0.25) is 0 Å². The topological polar surface area (TPSA) is 68.0 Å². The van der Waals surface area contributed by atoms with E-state index in [-0.39, 0.29) is 5.91 Å². The Morgan fingerprint density at radius 3 is 2.23 bits per heavy atom. The number of nitrogens with zero attached hydrogens (tertiary/aromatic N) is 2. The van der Waals surface area contributed by atoms with Gasteiger partial charge in [0.1, 0.15) is 0 Å². The highest BCUT2D eigenvalue weighted by Crippen LogP contribution is 2.23. The summed E-state index contributed by atoms with van der Waals surface area (Å²) < 4.78 is 5.73. The summed E-state index contributed by atoms with van der Waals surface area (Å²) in [5.41, 5.74) is 2.23. The largest absolute Gasteiger partial charge is 0.416 e. The molecule has 0 spiro atoms. The number of aromatic nitrogens is 2. The second-order valence-electron chi connectivity index (χ2n) is 5.62. The van der Waals surface area contributed by atoms with Crippen LogP contribution in [0, 0.1) is 0 Å². The summed E-state index contributed by atoms with van der Waals surface area (Å²) in [6, 6.07) is 20.7. The van der Waals surface area contributed by atoms with E-state index in [0.29, 0.717) is 23.9 Å². The summed E-state index contributed by atoms with van der Waals surface area (Å²) in [7, 11) is 0. The third kappa shape index (κ3) is 3.55. The molecule has 0 saturated carbocycles. The first-order chi connectivity index (χ1) is 12.8. The van der Waals surface area contributed by atoms with Crippen LogP contribution >= 0.6 is 11.3 Å². The molecule has 5 nitrogen and oxygen atoms in total. The quantitative estimate of drug-likeness (QED) is 0.572. The lowest BCUT2D eigenvalue weighted by Gasteiger charge is -2.04. The van der Waals surface area contributed by atoms with Crippen molar-refractivity contribution in [2.45, 2.75) is 6.54 Å². The summed E-state index contributed by atoms with van der Waals surface area (Å²) in [6.45, 7) is 0.530. The van der Waals surface area contributed by atoms with Gasteiger partial charge in [-0.05, 0) is 47.8 Å². The minimum atomic E-state index is -0.111. The smallest absolute Gasteiger partial charge is 0.251 e. The maximum absolute atomic E-state index is 12.2. The number of carbonyl (C=O) groups excluding carboxylic acids is 1. The van der Waals surface area contributed by atoms with Gasteiger partial charge < -0.3 is 9.73 Å². The number of nitrogens with one attached hydrogen (secondary N) is 1. The highest BCUT2D eigenvalue weighted by Gasteiger charge is 2.11. The predicted molar refractivity (Wildman–Crippen MR) is 101 cm³/mol. The van der Waals surface area contributed by atoms with Crippen molar-refractivity contribution in [3.8, 4) is 22.9 Å².